The minimum absolute atomic E-state index is 0.0273. The van der Waals surface area contributed by atoms with Gasteiger partial charge in [-0.15, -0.1) is 0 Å². The molecule has 1 atom stereocenters. The summed E-state index contributed by atoms with van der Waals surface area (Å²) in [6.07, 6.45) is 1.29. The number of aryl methyl sites for hydroxylation is 1. The van der Waals surface area contributed by atoms with Crippen molar-refractivity contribution < 1.29 is 4.79 Å². The molecule has 116 valence electrons. The van der Waals surface area contributed by atoms with E-state index in [-0.39, 0.29) is 11.9 Å². The van der Waals surface area contributed by atoms with E-state index in [1.807, 2.05) is 50.5 Å². The van der Waals surface area contributed by atoms with E-state index < -0.39 is 0 Å². The molecular weight excluding hydrogens is 272 g/mol. The van der Waals surface area contributed by atoms with Gasteiger partial charge in [0, 0.05) is 13.0 Å². The number of benzene rings is 2. The Hall–Kier alpha value is -2.13. The average Bonchev–Trinajstić information content (AvgIpc) is 2.54. The van der Waals surface area contributed by atoms with Gasteiger partial charge in [-0.1, -0.05) is 60.7 Å². The van der Waals surface area contributed by atoms with Crippen molar-refractivity contribution in [3.05, 3.63) is 71.8 Å². The number of amides is 1. The molecule has 0 bridgehead atoms. The molecule has 0 heterocycles. The molecule has 22 heavy (non-hydrogen) atoms. The van der Waals surface area contributed by atoms with Crippen molar-refractivity contribution in [1.82, 2.24) is 10.2 Å². The predicted octanol–water partition coefficient (Wildman–Crippen LogP) is 3.04. The summed E-state index contributed by atoms with van der Waals surface area (Å²) in [5.74, 6) is 0.0968. The van der Waals surface area contributed by atoms with Crippen LogP contribution in [0.1, 0.15) is 23.6 Å². The first kappa shape index (κ1) is 16.2. The molecule has 3 heteroatoms. The Balaban J connectivity index is 1.93. The SMILES string of the molecule is CN(C)C[C@@H](NC(=O)CCc1ccccc1)c1ccccc1. The Labute approximate surface area is 133 Å². The van der Waals surface area contributed by atoms with Gasteiger partial charge in [-0.25, -0.2) is 0 Å². The number of nitrogens with zero attached hydrogens (tertiary/aromatic N) is 1. The van der Waals surface area contributed by atoms with Gasteiger partial charge in [0.2, 0.25) is 5.91 Å². The van der Waals surface area contributed by atoms with Crippen molar-refractivity contribution in [2.45, 2.75) is 18.9 Å². The molecule has 1 amide bonds. The predicted molar refractivity (Wildman–Crippen MR) is 90.6 cm³/mol. The zero-order chi connectivity index (χ0) is 15.8. The van der Waals surface area contributed by atoms with Crippen LogP contribution in [0.5, 0.6) is 0 Å². The van der Waals surface area contributed by atoms with Crippen molar-refractivity contribution >= 4 is 5.91 Å². The number of rotatable bonds is 7. The van der Waals surface area contributed by atoms with Gasteiger partial charge in [0.05, 0.1) is 6.04 Å². The second-order valence-corrected chi connectivity index (χ2v) is 5.78. The maximum Gasteiger partial charge on any atom is 0.220 e. The molecule has 0 spiro atoms. The van der Waals surface area contributed by atoms with E-state index in [0.717, 1.165) is 18.5 Å². The van der Waals surface area contributed by atoms with Crippen LogP contribution in [0.3, 0.4) is 0 Å². The summed E-state index contributed by atoms with van der Waals surface area (Å²) < 4.78 is 0. The van der Waals surface area contributed by atoms with Crippen LogP contribution in [-0.2, 0) is 11.2 Å². The number of carbonyl (C=O) groups excluding carboxylic acids is 1. The van der Waals surface area contributed by atoms with Gasteiger partial charge in [0.15, 0.2) is 0 Å². The highest BCUT2D eigenvalue weighted by atomic mass is 16.1. The summed E-state index contributed by atoms with van der Waals surface area (Å²) in [7, 11) is 4.04. The van der Waals surface area contributed by atoms with Crippen LogP contribution in [0.4, 0.5) is 0 Å². The van der Waals surface area contributed by atoms with Gasteiger partial charge < -0.3 is 10.2 Å². The van der Waals surface area contributed by atoms with Crippen molar-refractivity contribution in [1.29, 1.82) is 0 Å². The first-order valence-corrected chi connectivity index (χ1v) is 7.68. The van der Waals surface area contributed by atoms with E-state index in [1.165, 1.54) is 5.56 Å². The van der Waals surface area contributed by atoms with Crippen LogP contribution < -0.4 is 5.32 Å². The van der Waals surface area contributed by atoms with E-state index in [9.17, 15) is 4.79 Å². The fourth-order valence-electron chi connectivity index (χ4n) is 2.45. The average molecular weight is 296 g/mol. The molecule has 2 aromatic rings. The van der Waals surface area contributed by atoms with Gasteiger partial charge in [-0.05, 0) is 31.6 Å². The summed E-state index contributed by atoms with van der Waals surface area (Å²) in [6.45, 7) is 0.793. The second kappa shape index (κ2) is 8.35. The topological polar surface area (TPSA) is 32.3 Å². The Morgan fingerprint density at radius 3 is 2.18 bits per heavy atom. The van der Waals surface area contributed by atoms with E-state index in [4.69, 9.17) is 0 Å². The largest absolute Gasteiger partial charge is 0.348 e. The van der Waals surface area contributed by atoms with Gasteiger partial charge in [-0.2, -0.15) is 0 Å². The van der Waals surface area contributed by atoms with Crippen molar-refractivity contribution in [2.75, 3.05) is 20.6 Å². The quantitative estimate of drug-likeness (QED) is 0.852. The third-order valence-corrected chi connectivity index (χ3v) is 3.57. The molecule has 0 unspecified atom stereocenters. The van der Waals surface area contributed by atoms with Gasteiger partial charge in [-0.3, -0.25) is 4.79 Å². The van der Waals surface area contributed by atoms with E-state index in [1.54, 1.807) is 0 Å². The fraction of sp³-hybridized carbons (Fsp3) is 0.316. The minimum atomic E-state index is 0.0273. The lowest BCUT2D eigenvalue weighted by Gasteiger charge is -2.23. The van der Waals surface area contributed by atoms with Gasteiger partial charge >= 0.3 is 0 Å². The molecule has 2 aromatic carbocycles. The lowest BCUT2D eigenvalue weighted by Crippen LogP contribution is -2.35. The molecule has 0 aliphatic rings. The highest BCUT2D eigenvalue weighted by Crippen LogP contribution is 2.14. The monoisotopic (exact) mass is 296 g/mol. The highest BCUT2D eigenvalue weighted by Gasteiger charge is 2.15. The minimum Gasteiger partial charge on any atom is -0.348 e. The summed E-state index contributed by atoms with van der Waals surface area (Å²) in [4.78, 5) is 14.3. The third kappa shape index (κ3) is 5.34. The molecule has 0 aromatic heterocycles. The van der Waals surface area contributed by atoms with E-state index in [2.05, 4.69) is 34.5 Å². The third-order valence-electron chi connectivity index (χ3n) is 3.57. The number of hydrogen-bond donors (Lipinski definition) is 1. The van der Waals surface area contributed by atoms with Crippen LogP contribution in [0.2, 0.25) is 0 Å². The Morgan fingerprint density at radius 2 is 1.59 bits per heavy atom. The molecule has 0 aliphatic carbocycles. The first-order valence-electron chi connectivity index (χ1n) is 7.68. The zero-order valence-electron chi connectivity index (χ0n) is 13.3. The van der Waals surface area contributed by atoms with Crippen molar-refractivity contribution in [3.63, 3.8) is 0 Å². The van der Waals surface area contributed by atoms with Gasteiger partial charge in [0.1, 0.15) is 0 Å². The molecule has 2 rings (SSSR count). The molecule has 0 saturated heterocycles. The fourth-order valence-corrected chi connectivity index (χ4v) is 2.45. The summed E-state index contributed by atoms with van der Waals surface area (Å²) in [5, 5.41) is 3.15. The Bertz CT molecular complexity index is 567. The van der Waals surface area contributed by atoms with E-state index >= 15 is 0 Å². The normalized spacial score (nSPS) is 12.1. The Morgan fingerprint density at radius 1 is 1.00 bits per heavy atom. The molecule has 0 fully saturated rings. The Kier molecular flexibility index (Phi) is 6.16. The van der Waals surface area contributed by atoms with E-state index in [0.29, 0.717) is 6.42 Å². The second-order valence-electron chi connectivity index (χ2n) is 5.78. The summed E-state index contributed by atoms with van der Waals surface area (Å²) in [5.41, 5.74) is 2.34. The lowest BCUT2D eigenvalue weighted by atomic mass is 10.1. The molecule has 0 radical (unpaired) electrons. The van der Waals surface area contributed by atoms with Gasteiger partial charge in [0.25, 0.3) is 0 Å². The van der Waals surface area contributed by atoms with Crippen LogP contribution in [0.25, 0.3) is 0 Å². The van der Waals surface area contributed by atoms with Crippen LogP contribution in [0, 0.1) is 0 Å². The molecule has 0 saturated carbocycles. The maximum absolute atomic E-state index is 12.3. The van der Waals surface area contributed by atoms with Crippen molar-refractivity contribution in [2.24, 2.45) is 0 Å². The highest BCUT2D eigenvalue weighted by molar-refractivity contribution is 5.76. The number of likely N-dealkylation sites (N-methyl/N-ethyl adjacent to an activating group) is 1. The van der Waals surface area contributed by atoms with Crippen LogP contribution in [0.15, 0.2) is 60.7 Å². The van der Waals surface area contributed by atoms with Crippen LogP contribution in [-0.4, -0.2) is 31.4 Å². The number of nitrogens with one attached hydrogen (secondary N) is 1. The summed E-state index contributed by atoms with van der Waals surface area (Å²) in [6, 6.07) is 20.3. The van der Waals surface area contributed by atoms with Crippen molar-refractivity contribution in [3.8, 4) is 0 Å². The smallest absolute Gasteiger partial charge is 0.220 e. The first-order chi connectivity index (χ1) is 10.6. The van der Waals surface area contributed by atoms with Crippen LogP contribution >= 0.6 is 0 Å². The molecule has 1 N–H and O–H groups in total. The zero-order valence-corrected chi connectivity index (χ0v) is 13.3. The standard InChI is InChI=1S/C19H24N2O/c1-21(2)15-18(17-11-7-4-8-12-17)20-19(22)14-13-16-9-5-3-6-10-16/h3-12,18H,13-15H2,1-2H3,(H,20,22)/t18-/m1/s1. The lowest BCUT2D eigenvalue weighted by molar-refractivity contribution is -0.121. The number of hydrogen-bond acceptors (Lipinski definition) is 2. The molecular formula is C19H24N2O. The maximum atomic E-state index is 12.3. The summed E-state index contributed by atoms with van der Waals surface area (Å²) >= 11 is 0. The molecule has 3 nitrogen and oxygen atoms in total. The number of carbonyl (C=O) groups is 1. The molecule has 0 aliphatic heterocycles.